The summed E-state index contributed by atoms with van der Waals surface area (Å²) in [5, 5.41) is 9.98. The quantitative estimate of drug-likeness (QED) is 0.684. The molecule has 1 aromatic carbocycles. The van der Waals surface area contributed by atoms with Crippen LogP contribution < -0.4 is 10.6 Å². The van der Waals surface area contributed by atoms with E-state index in [1.807, 2.05) is 6.92 Å². The molecular weight excluding hydrogens is 364 g/mol. The number of nitrogens with zero attached hydrogens (tertiary/aromatic N) is 3. The molecule has 7 nitrogen and oxygen atoms in total. The van der Waals surface area contributed by atoms with E-state index in [0.717, 1.165) is 12.1 Å². The van der Waals surface area contributed by atoms with Crippen LogP contribution in [0.3, 0.4) is 0 Å². The molecule has 0 aliphatic carbocycles. The van der Waals surface area contributed by atoms with E-state index in [9.17, 15) is 13.6 Å². The van der Waals surface area contributed by atoms with Gasteiger partial charge in [-0.1, -0.05) is 22.6 Å². The highest BCUT2D eigenvalue weighted by atomic mass is 32.1. The number of nitrogens with one attached hydrogen (secondary N) is 2. The summed E-state index contributed by atoms with van der Waals surface area (Å²) in [6, 6.07) is 3.43. The van der Waals surface area contributed by atoms with E-state index in [0.29, 0.717) is 22.2 Å². The fourth-order valence-corrected chi connectivity index (χ4v) is 3.15. The number of benzene rings is 1. The number of halogens is 2. The maximum atomic E-state index is 13.7. The maximum Gasteiger partial charge on any atom is 0.263 e. The van der Waals surface area contributed by atoms with Crippen molar-refractivity contribution in [2.45, 2.75) is 20.4 Å². The van der Waals surface area contributed by atoms with Crippen LogP contribution in [0, 0.1) is 18.6 Å². The van der Waals surface area contributed by atoms with Crippen molar-refractivity contribution in [2.75, 3.05) is 11.9 Å². The zero-order chi connectivity index (χ0) is 18.7. The lowest BCUT2D eigenvalue weighted by molar-refractivity contribution is 0.0953. The largest absolute Gasteiger partial charge is 0.362 e. The highest BCUT2D eigenvalue weighted by Crippen LogP contribution is 2.24. The Labute approximate surface area is 151 Å². The molecule has 0 radical (unpaired) electrons. The van der Waals surface area contributed by atoms with Crippen molar-refractivity contribution in [1.29, 1.82) is 0 Å². The standard InChI is InChI=1S/C16H15F2N5O2S/c1-3-19-16-21-8(2)13(26-16)14(24)20-7-11-22-15(25-23-11)12-9(17)5-4-6-10(12)18/h4-6H,3,7H2,1-2H3,(H,19,21)(H,20,24). The summed E-state index contributed by atoms with van der Waals surface area (Å²) < 4.78 is 32.4. The van der Waals surface area contributed by atoms with Crippen molar-refractivity contribution >= 4 is 22.4 Å². The van der Waals surface area contributed by atoms with E-state index in [4.69, 9.17) is 4.52 Å². The Morgan fingerprint density at radius 2 is 2.00 bits per heavy atom. The van der Waals surface area contributed by atoms with Crippen molar-refractivity contribution in [3.8, 4) is 11.5 Å². The minimum Gasteiger partial charge on any atom is -0.362 e. The van der Waals surface area contributed by atoms with Gasteiger partial charge >= 0.3 is 0 Å². The topological polar surface area (TPSA) is 92.9 Å². The van der Waals surface area contributed by atoms with Gasteiger partial charge in [-0.15, -0.1) is 0 Å². The number of anilines is 1. The van der Waals surface area contributed by atoms with Gasteiger partial charge in [-0.3, -0.25) is 4.79 Å². The summed E-state index contributed by atoms with van der Waals surface area (Å²) in [5.74, 6) is -2.13. The second-order valence-electron chi connectivity index (χ2n) is 5.26. The monoisotopic (exact) mass is 379 g/mol. The van der Waals surface area contributed by atoms with Crippen molar-refractivity contribution in [1.82, 2.24) is 20.4 Å². The maximum absolute atomic E-state index is 13.7. The molecule has 0 spiro atoms. The minimum atomic E-state index is -0.805. The van der Waals surface area contributed by atoms with Crippen LogP contribution in [0.4, 0.5) is 13.9 Å². The second kappa shape index (κ2) is 7.56. The first kappa shape index (κ1) is 17.9. The molecule has 0 saturated heterocycles. The van der Waals surface area contributed by atoms with E-state index < -0.39 is 17.2 Å². The smallest absolute Gasteiger partial charge is 0.263 e. The third-order valence-electron chi connectivity index (χ3n) is 3.38. The van der Waals surface area contributed by atoms with Crippen LogP contribution in [0.25, 0.3) is 11.5 Å². The lowest BCUT2D eigenvalue weighted by atomic mass is 10.2. The van der Waals surface area contributed by atoms with Gasteiger partial charge in [0.15, 0.2) is 11.0 Å². The molecule has 136 valence electrons. The van der Waals surface area contributed by atoms with Crippen LogP contribution in [0.1, 0.15) is 28.1 Å². The highest BCUT2D eigenvalue weighted by Gasteiger charge is 2.19. The van der Waals surface area contributed by atoms with Gasteiger partial charge in [0.05, 0.1) is 12.2 Å². The number of hydrogen-bond donors (Lipinski definition) is 2. The summed E-state index contributed by atoms with van der Waals surface area (Å²) in [4.78, 5) is 20.9. The summed E-state index contributed by atoms with van der Waals surface area (Å²) in [7, 11) is 0. The number of rotatable bonds is 6. The Balaban J connectivity index is 1.69. The third-order valence-corrected chi connectivity index (χ3v) is 4.50. The van der Waals surface area contributed by atoms with E-state index in [2.05, 4.69) is 25.8 Å². The minimum absolute atomic E-state index is 0.0493. The summed E-state index contributed by atoms with van der Waals surface area (Å²) >= 11 is 1.24. The van der Waals surface area contributed by atoms with Gasteiger partial charge < -0.3 is 15.2 Å². The van der Waals surface area contributed by atoms with Gasteiger partial charge in [-0.25, -0.2) is 13.8 Å². The van der Waals surface area contributed by atoms with Gasteiger partial charge in [0.25, 0.3) is 11.8 Å². The second-order valence-corrected chi connectivity index (χ2v) is 6.26. The lowest BCUT2D eigenvalue weighted by Crippen LogP contribution is -2.23. The van der Waals surface area contributed by atoms with Crippen LogP contribution in [-0.4, -0.2) is 27.6 Å². The van der Waals surface area contributed by atoms with Crippen LogP contribution in [0.15, 0.2) is 22.7 Å². The molecule has 0 atom stereocenters. The van der Waals surface area contributed by atoms with Crippen LogP contribution >= 0.6 is 11.3 Å². The Morgan fingerprint density at radius 1 is 1.27 bits per heavy atom. The van der Waals surface area contributed by atoms with Gasteiger partial charge in [0.1, 0.15) is 22.1 Å². The Bertz CT molecular complexity index is 920. The summed E-state index contributed by atoms with van der Waals surface area (Å²) in [5.41, 5.74) is 0.205. The number of hydrogen-bond acceptors (Lipinski definition) is 7. The fourth-order valence-electron chi connectivity index (χ4n) is 2.20. The van der Waals surface area contributed by atoms with E-state index in [1.165, 1.54) is 17.4 Å². The van der Waals surface area contributed by atoms with Crippen molar-refractivity contribution < 1.29 is 18.1 Å². The molecule has 2 aromatic heterocycles. The molecule has 10 heteroatoms. The molecule has 0 aliphatic heterocycles. The molecule has 0 aliphatic rings. The molecule has 0 bridgehead atoms. The van der Waals surface area contributed by atoms with Crippen molar-refractivity contribution in [3.05, 3.63) is 46.2 Å². The van der Waals surface area contributed by atoms with Gasteiger partial charge in [0, 0.05) is 6.54 Å². The predicted octanol–water partition coefficient (Wildman–Crippen LogP) is 3.14. The lowest BCUT2D eigenvalue weighted by Gasteiger charge is -2.00. The molecule has 1 amide bonds. The van der Waals surface area contributed by atoms with Crippen LogP contribution in [0.5, 0.6) is 0 Å². The first-order valence-electron chi connectivity index (χ1n) is 7.76. The molecule has 26 heavy (non-hydrogen) atoms. The third kappa shape index (κ3) is 3.69. The highest BCUT2D eigenvalue weighted by molar-refractivity contribution is 7.17. The fraction of sp³-hybridized carbons (Fsp3) is 0.250. The number of carbonyl (C=O) groups is 1. The average molecular weight is 379 g/mol. The van der Waals surface area contributed by atoms with Crippen molar-refractivity contribution in [3.63, 3.8) is 0 Å². The molecular formula is C16H15F2N5O2S. The Hall–Kier alpha value is -2.88. The molecule has 0 unspecified atom stereocenters. The predicted molar refractivity (Wildman–Crippen MR) is 91.8 cm³/mol. The summed E-state index contributed by atoms with van der Waals surface area (Å²) in [6.07, 6.45) is 0. The molecule has 0 fully saturated rings. The summed E-state index contributed by atoms with van der Waals surface area (Å²) in [6.45, 7) is 4.32. The zero-order valence-electron chi connectivity index (χ0n) is 14.0. The Kier molecular flexibility index (Phi) is 5.21. The van der Waals surface area contributed by atoms with Gasteiger partial charge in [0.2, 0.25) is 0 Å². The van der Waals surface area contributed by atoms with Crippen molar-refractivity contribution in [2.24, 2.45) is 0 Å². The molecule has 2 N–H and O–H groups in total. The molecule has 0 saturated carbocycles. The van der Waals surface area contributed by atoms with E-state index in [1.54, 1.807) is 6.92 Å². The van der Waals surface area contributed by atoms with Gasteiger partial charge in [-0.05, 0) is 26.0 Å². The van der Waals surface area contributed by atoms with Crippen LogP contribution in [-0.2, 0) is 6.54 Å². The zero-order valence-corrected chi connectivity index (χ0v) is 14.8. The van der Waals surface area contributed by atoms with E-state index in [-0.39, 0.29) is 24.2 Å². The molecule has 2 heterocycles. The first-order valence-corrected chi connectivity index (χ1v) is 8.57. The average Bonchev–Trinajstić information content (AvgIpc) is 3.20. The number of amides is 1. The SMILES string of the molecule is CCNc1nc(C)c(C(=O)NCc2noc(-c3c(F)cccc3F)n2)s1. The number of thiazole rings is 1. The number of aryl methyl sites for hydroxylation is 1. The first-order chi connectivity index (χ1) is 12.5. The number of aromatic nitrogens is 3. The normalized spacial score (nSPS) is 10.8. The van der Waals surface area contributed by atoms with E-state index >= 15 is 0 Å². The van der Waals surface area contributed by atoms with Crippen LogP contribution in [0.2, 0.25) is 0 Å². The Morgan fingerprint density at radius 3 is 2.69 bits per heavy atom. The number of carbonyl (C=O) groups excluding carboxylic acids is 1. The van der Waals surface area contributed by atoms with Gasteiger partial charge in [-0.2, -0.15) is 4.98 Å². The molecule has 3 aromatic rings. The molecule has 3 rings (SSSR count).